The summed E-state index contributed by atoms with van der Waals surface area (Å²) in [5.41, 5.74) is -6.15. The van der Waals surface area contributed by atoms with Crippen LogP contribution in [0.15, 0.2) is 0 Å². The Hall–Kier alpha value is -0.380. The number of halogens is 4. The summed E-state index contributed by atoms with van der Waals surface area (Å²) in [6.07, 6.45) is -2.05. The molecule has 0 N–H and O–H groups in total. The van der Waals surface area contributed by atoms with Crippen LogP contribution < -0.4 is 0 Å². The second-order valence-electron chi connectivity index (χ2n) is 5.36. The van der Waals surface area contributed by atoms with E-state index in [1.165, 1.54) is 6.92 Å². The van der Waals surface area contributed by atoms with Gasteiger partial charge < -0.3 is 0 Å². The molecule has 0 spiro atoms. The van der Waals surface area contributed by atoms with E-state index in [1.54, 1.807) is 0 Å². The van der Waals surface area contributed by atoms with E-state index in [-0.39, 0.29) is 6.42 Å². The highest BCUT2D eigenvalue weighted by Gasteiger charge is 2.48. The molecule has 0 aliphatic carbocycles. The molecule has 0 aromatic rings. The SMILES string of the molecule is CC1(F)CS(=O)(=O)CC1F.CC1CC(F)S(=O)(=O)C1F. The molecule has 5 unspecified atom stereocenters. The van der Waals surface area contributed by atoms with Crippen LogP contribution in [-0.4, -0.2) is 51.2 Å². The zero-order chi connectivity index (χ0) is 15.9. The van der Waals surface area contributed by atoms with Crippen molar-refractivity contribution in [1.29, 1.82) is 0 Å². The van der Waals surface area contributed by atoms with E-state index in [9.17, 15) is 34.4 Å². The zero-order valence-corrected chi connectivity index (χ0v) is 12.5. The molecule has 0 radical (unpaired) electrons. The lowest BCUT2D eigenvalue weighted by molar-refractivity contribution is 0.115. The molecule has 2 rings (SSSR count). The third-order valence-electron chi connectivity index (χ3n) is 3.23. The smallest absolute Gasteiger partial charge is 0.214 e. The van der Waals surface area contributed by atoms with Crippen LogP contribution in [0.25, 0.3) is 0 Å². The summed E-state index contributed by atoms with van der Waals surface area (Å²) in [6.45, 7) is 2.37. The first kappa shape index (κ1) is 17.7. The Labute approximate surface area is 115 Å². The highest BCUT2D eigenvalue weighted by Crippen LogP contribution is 2.33. The maximum Gasteiger partial charge on any atom is 0.214 e. The van der Waals surface area contributed by atoms with Crippen molar-refractivity contribution >= 4 is 19.7 Å². The third-order valence-corrected chi connectivity index (χ3v) is 7.03. The molecule has 2 aliphatic heterocycles. The molecule has 2 fully saturated rings. The van der Waals surface area contributed by atoms with Gasteiger partial charge in [0.1, 0.15) is 6.17 Å². The first-order chi connectivity index (χ1) is 8.79. The molecule has 0 bridgehead atoms. The van der Waals surface area contributed by atoms with E-state index < -0.39 is 59.9 Å². The Kier molecular flexibility index (Phi) is 4.80. The highest BCUT2D eigenvalue weighted by atomic mass is 32.2. The van der Waals surface area contributed by atoms with E-state index >= 15 is 0 Å². The van der Waals surface area contributed by atoms with Crippen LogP contribution in [0.1, 0.15) is 20.3 Å². The Morgan fingerprint density at radius 3 is 1.70 bits per heavy atom. The second kappa shape index (κ2) is 5.43. The van der Waals surface area contributed by atoms with Gasteiger partial charge in [-0.2, -0.15) is 0 Å². The fourth-order valence-electron chi connectivity index (χ4n) is 1.97. The van der Waals surface area contributed by atoms with Crippen LogP contribution in [0.2, 0.25) is 0 Å². The van der Waals surface area contributed by atoms with E-state index in [0.29, 0.717) is 0 Å². The molecule has 0 aromatic heterocycles. The van der Waals surface area contributed by atoms with E-state index in [0.717, 1.165) is 6.92 Å². The lowest BCUT2D eigenvalue weighted by Gasteiger charge is -2.11. The van der Waals surface area contributed by atoms with Crippen LogP contribution in [0.3, 0.4) is 0 Å². The van der Waals surface area contributed by atoms with Gasteiger partial charge in [-0.25, -0.2) is 34.4 Å². The van der Waals surface area contributed by atoms with Crippen molar-refractivity contribution in [3.8, 4) is 0 Å². The van der Waals surface area contributed by atoms with Gasteiger partial charge in [-0.3, -0.25) is 0 Å². The van der Waals surface area contributed by atoms with Crippen molar-refractivity contribution in [2.75, 3.05) is 11.5 Å². The van der Waals surface area contributed by atoms with Gasteiger partial charge in [-0.15, -0.1) is 0 Å². The molecule has 0 aromatic carbocycles. The van der Waals surface area contributed by atoms with Gasteiger partial charge in [-0.1, -0.05) is 6.92 Å². The van der Waals surface area contributed by atoms with E-state index in [2.05, 4.69) is 0 Å². The first-order valence-corrected chi connectivity index (χ1v) is 9.27. The lowest BCUT2D eigenvalue weighted by Crippen LogP contribution is -2.29. The average Bonchev–Trinajstić information content (AvgIpc) is 2.53. The summed E-state index contributed by atoms with van der Waals surface area (Å²) in [5.74, 6) is -2.04. The van der Waals surface area contributed by atoms with Crippen molar-refractivity contribution in [3.63, 3.8) is 0 Å². The van der Waals surface area contributed by atoms with Crippen LogP contribution >= 0.6 is 0 Å². The van der Waals surface area contributed by atoms with Gasteiger partial charge in [-0.05, 0) is 13.3 Å². The molecule has 10 heteroatoms. The maximum atomic E-state index is 12.7. The Morgan fingerprint density at radius 1 is 1.10 bits per heavy atom. The number of hydrogen-bond acceptors (Lipinski definition) is 4. The van der Waals surface area contributed by atoms with Gasteiger partial charge in [0.25, 0.3) is 0 Å². The molecular formula is C10H16F4O4S2. The van der Waals surface area contributed by atoms with Crippen LogP contribution in [0.4, 0.5) is 17.6 Å². The number of alkyl halides is 4. The van der Waals surface area contributed by atoms with Crippen LogP contribution in [-0.2, 0) is 19.7 Å². The predicted molar refractivity (Wildman–Crippen MR) is 65.6 cm³/mol. The van der Waals surface area contributed by atoms with Gasteiger partial charge in [0.05, 0.1) is 11.5 Å². The van der Waals surface area contributed by atoms with E-state index in [4.69, 9.17) is 0 Å². The largest absolute Gasteiger partial charge is 0.243 e. The molecule has 0 amide bonds. The minimum absolute atomic E-state index is 0.205. The number of rotatable bonds is 0. The third kappa shape index (κ3) is 3.63. The van der Waals surface area contributed by atoms with Crippen LogP contribution in [0.5, 0.6) is 0 Å². The predicted octanol–water partition coefficient (Wildman–Crippen LogP) is 1.51. The lowest BCUT2D eigenvalue weighted by atomic mass is 10.1. The van der Waals surface area contributed by atoms with Crippen molar-refractivity contribution in [3.05, 3.63) is 0 Å². The van der Waals surface area contributed by atoms with Gasteiger partial charge in [0.2, 0.25) is 20.8 Å². The number of hydrogen-bond donors (Lipinski definition) is 0. The van der Waals surface area contributed by atoms with Gasteiger partial charge in [0, 0.05) is 5.92 Å². The fraction of sp³-hybridized carbons (Fsp3) is 1.00. The van der Waals surface area contributed by atoms with Crippen molar-refractivity contribution in [1.82, 2.24) is 0 Å². The first-order valence-electron chi connectivity index (χ1n) is 5.84. The normalized spacial score (nSPS) is 45.7. The van der Waals surface area contributed by atoms with Crippen molar-refractivity contribution in [2.45, 2.75) is 43.1 Å². The fourth-order valence-corrected chi connectivity index (χ4v) is 5.54. The number of sulfone groups is 2. The van der Waals surface area contributed by atoms with Gasteiger partial charge >= 0.3 is 0 Å². The standard InChI is InChI=1S/2C5H8F2O2S/c1-5(7)3-10(8,9)2-4(5)6;1-3-2-4(6)10(8,9)5(3)7/h4H,2-3H2,1H3;3-5H,2H2,1H3. The monoisotopic (exact) mass is 340 g/mol. The summed E-state index contributed by atoms with van der Waals surface area (Å²) >= 11 is 0. The highest BCUT2D eigenvalue weighted by molar-refractivity contribution is 7.92. The molecule has 20 heavy (non-hydrogen) atoms. The molecule has 0 saturated carbocycles. The molecule has 2 heterocycles. The van der Waals surface area contributed by atoms with Crippen molar-refractivity contribution in [2.24, 2.45) is 5.92 Å². The summed E-state index contributed by atoms with van der Waals surface area (Å²) < 4.78 is 92.3. The van der Waals surface area contributed by atoms with Crippen molar-refractivity contribution < 1.29 is 34.4 Å². The average molecular weight is 340 g/mol. The summed E-state index contributed by atoms with van der Waals surface area (Å²) in [4.78, 5) is 0. The van der Waals surface area contributed by atoms with Crippen LogP contribution in [0, 0.1) is 5.92 Å². The molecule has 4 nitrogen and oxygen atoms in total. The second-order valence-corrected chi connectivity index (χ2v) is 9.61. The van der Waals surface area contributed by atoms with E-state index in [1.807, 2.05) is 0 Å². The quantitative estimate of drug-likeness (QED) is 0.627. The molecule has 2 saturated heterocycles. The maximum absolute atomic E-state index is 12.7. The topological polar surface area (TPSA) is 68.3 Å². The minimum atomic E-state index is -4.09. The Balaban J connectivity index is 0.000000200. The zero-order valence-electron chi connectivity index (χ0n) is 10.9. The molecule has 120 valence electrons. The Bertz CT molecular complexity index is 558. The summed E-state index contributed by atoms with van der Waals surface area (Å²) in [6, 6.07) is 0. The van der Waals surface area contributed by atoms with Gasteiger partial charge in [0.15, 0.2) is 15.5 Å². The minimum Gasteiger partial charge on any atom is -0.243 e. The summed E-state index contributed by atoms with van der Waals surface area (Å²) in [7, 11) is -7.54. The Morgan fingerprint density at radius 2 is 1.60 bits per heavy atom. The molecule has 2 aliphatic rings. The molecule has 5 atom stereocenters. The summed E-state index contributed by atoms with van der Waals surface area (Å²) in [5, 5.41) is 0. The molecular weight excluding hydrogens is 324 g/mol.